The quantitative estimate of drug-likeness (QED) is 0.489. The molecule has 0 N–H and O–H groups in total. The Kier molecular flexibility index (Phi) is 6.40. The molecule has 3 aromatic rings. The number of rotatable bonds is 7. The van der Waals surface area contributed by atoms with Crippen molar-refractivity contribution >= 4 is 5.91 Å². The second-order valence-corrected chi connectivity index (χ2v) is 8.55. The van der Waals surface area contributed by atoms with Gasteiger partial charge in [-0.05, 0) is 72.0 Å². The van der Waals surface area contributed by atoms with Gasteiger partial charge in [0.1, 0.15) is 12.4 Å². The van der Waals surface area contributed by atoms with Crippen LogP contribution in [0.3, 0.4) is 0 Å². The van der Waals surface area contributed by atoms with Gasteiger partial charge in [-0.1, -0.05) is 19.1 Å². The number of ether oxygens (including phenoxy) is 5. The van der Waals surface area contributed by atoms with Crippen LogP contribution in [-0.4, -0.2) is 45.0 Å². The fraction of sp³-hybridized carbons (Fsp3) is 0.321. The van der Waals surface area contributed by atoms with Crippen LogP contribution in [0, 0.1) is 0 Å². The molecule has 0 aromatic heterocycles. The van der Waals surface area contributed by atoms with E-state index in [1.165, 1.54) is 5.56 Å². The second-order valence-electron chi connectivity index (χ2n) is 8.55. The van der Waals surface area contributed by atoms with Gasteiger partial charge in [-0.15, -0.1) is 0 Å². The molecule has 182 valence electrons. The van der Waals surface area contributed by atoms with E-state index < -0.39 is 0 Å². The average molecular weight is 476 g/mol. The lowest BCUT2D eigenvalue weighted by atomic mass is 9.91. The van der Waals surface area contributed by atoms with Gasteiger partial charge in [0.15, 0.2) is 23.0 Å². The molecule has 2 aliphatic heterocycles. The van der Waals surface area contributed by atoms with Gasteiger partial charge in [0.2, 0.25) is 6.79 Å². The molecule has 2 aliphatic rings. The highest BCUT2D eigenvalue weighted by molar-refractivity contribution is 5.95. The number of methoxy groups -OCH3 is 2. The minimum Gasteiger partial charge on any atom is -0.493 e. The molecule has 0 bridgehead atoms. The smallest absolute Gasteiger partial charge is 0.254 e. The zero-order valence-corrected chi connectivity index (χ0v) is 20.2. The minimum absolute atomic E-state index is 0.0846. The number of fused-ring (bicyclic) bond motifs is 2. The lowest BCUT2D eigenvalue weighted by Crippen LogP contribution is -2.42. The van der Waals surface area contributed by atoms with Crippen LogP contribution in [0.1, 0.15) is 40.0 Å². The standard InChI is InChI=1S/C28H29NO6/c1-4-18-5-8-21(9-6-18)33-16-23-22-15-26(32-3)25(31-2)13-19(22)11-12-29(23)28(30)20-7-10-24-27(14-20)35-17-34-24/h5-10,13-15,23H,4,11-12,16-17H2,1-3H3/t23-/m1/s1. The molecular formula is C28H29NO6. The molecular weight excluding hydrogens is 446 g/mol. The summed E-state index contributed by atoms with van der Waals surface area (Å²) in [6.07, 6.45) is 1.67. The monoisotopic (exact) mass is 475 g/mol. The Balaban J connectivity index is 1.48. The second kappa shape index (κ2) is 9.78. The molecule has 0 unspecified atom stereocenters. The molecule has 0 saturated heterocycles. The highest BCUT2D eigenvalue weighted by Crippen LogP contribution is 2.40. The molecule has 1 amide bonds. The Bertz CT molecular complexity index is 1220. The van der Waals surface area contributed by atoms with Crippen LogP contribution in [0.15, 0.2) is 54.6 Å². The minimum atomic E-state index is -0.303. The number of hydrogen-bond acceptors (Lipinski definition) is 6. The molecule has 7 heteroatoms. The topological polar surface area (TPSA) is 66.5 Å². The Hall–Kier alpha value is -3.87. The predicted octanol–water partition coefficient (Wildman–Crippen LogP) is 4.81. The van der Waals surface area contributed by atoms with E-state index in [4.69, 9.17) is 23.7 Å². The molecule has 5 rings (SSSR count). The normalized spacial score (nSPS) is 16.0. The van der Waals surface area contributed by atoms with E-state index in [1.807, 2.05) is 29.2 Å². The summed E-state index contributed by atoms with van der Waals surface area (Å²) in [6, 6.07) is 17.0. The van der Waals surface area contributed by atoms with Crippen molar-refractivity contribution in [3.05, 3.63) is 76.9 Å². The number of aryl methyl sites for hydroxylation is 1. The molecule has 0 saturated carbocycles. The van der Waals surface area contributed by atoms with Gasteiger partial charge in [-0.25, -0.2) is 0 Å². The maximum Gasteiger partial charge on any atom is 0.254 e. The van der Waals surface area contributed by atoms with E-state index in [0.29, 0.717) is 48.1 Å². The van der Waals surface area contributed by atoms with Gasteiger partial charge in [0.25, 0.3) is 5.91 Å². The first-order valence-corrected chi connectivity index (χ1v) is 11.8. The fourth-order valence-electron chi connectivity index (χ4n) is 4.64. The van der Waals surface area contributed by atoms with Crippen LogP contribution in [-0.2, 0) is 12.8 Å². The van der Waals surface area contributed by atoms with Crippen molar-refractivity contribution in [1.29, 1.82) is 0 Å². The maximum atomic E-state index is 13.7. The summed E-state index contributed by atoms with van der Waals surface area (Å²) < 4.78 is 28.2. The van der Waals surface area contributed by atoms with Crippen LogP contribution in [0.2, 0.25) is 0 Å². The Morgan fingerprint density at radius 1 is 0.971 bits per heavy atom. The van der Waals surface area contributed by atoms with E-state index >= 15 is 0 Å². The van der Waals surface area contributed by atoms with Crippen LogP contribution in [0.25, 0.3) is 0 Å². The molecule has 0 radical (unpaired) electrons. The van der Waals surface area contributed by atoms with E-state index in [1.54, 1.807) is 32.4 Å². The number of amides is 1. The van der Waals surface area contributed by atoms with Crippen LogP contribution < -0.4 is 23.7 Å². The van der Waals surface area contributed by atoms with Crippen molar-refractivity contribution in [3.63, 3.8) is 0 Å². The van der Waals surface area contributed by atoms with E-state index in [9.17, 15) is 4.79 Å². The van der Waals surface area contributed by atoms with Crippen molar-refractivity contribution in [2.75, 3.05) is 34.2 Å². The van der Waals surface area contributed by atoms with Gasteiger partial charge in [0, 0.05) is 12.1 Å². The molecule has 0 fully saturated rings. The maximum absolute atomic E-state index is 13.7. The largest absolute Gasteiger partial charge is 0.493 e. The fourth-order valence-corrected chi connectivity index (χ4v) is 4.64. The zero-order valence-electron chi connectivity index (χ0n) is 20.2. The molecule has 35 heavy (non-hydrogen) atoms. The van der Waals surface area contributed by atoms with Crippen molar-refractivity contribution in [1.82, 2.24) is 4.90 Å². The van der Waals surface area contributed by atoms with Gasteiger partial charge < -0.3 is 28.6 Å². The summed E-state index contributed by atoms with van der Waals surface area (Å²) in [7, 11) is 3.24. The first-order valence-electron chi connectivity index (χ1n) is 11.8. The first-order chi connectivity index (χ1) is 17.1. The van der Waals surface area contributed by atoms with Gasteiger partial charge in [0.05, 0.1) is 20.3 Å². The number of carbonyl (C=O) groups excluding carboxylic acids is 1. The van der Waals surface area contributed by atoms with E-state index in [2.05, 4.69) is 19.1 Å². The lowest BCUT2D eigenvalue weighted by Gasteiger charge is -2.37. The molecule has 0 spiro atoms. The number of hydrogen-bond donors (Lipinski definition) is 0. The number of carbonyl (C=O) groups is 1. The van der Waals surface area contributed by atoms with Gasteiger partial charge in [-0.3, -0.25) is 4.79 Å². The van der Waals surface area contributed by atoms with Crippen molar-refractivity contribution in [2.24, 2.45) is 0 Å². The summed E-state index contributed by atoms with van der Waals surface area (Å²) >= 11 is 0. The summed E-state index contributed by atoms with van der Waals surface area (Å²) in [5, 5.41) is 0. The third-order valence-electron chi connectivity index (χ3n) is 6.62. The van der Waals surface area contributed by atoms with E-state index in [0.717, 1.165) is 23.3 Å². The first kappa shape index (κ1) is 22.9. The molecule has 7 nitrogen and oxygen atoms in total. The highest BCUT2D eigenvalue weighted by atomic mass is 16.7. The molecule has 3 aromatic carbocycles. The predicted molar refractivity (Wildman–Crippen MR) is 131 cm³/mol. The number of nitrogens with zero attached hydrogens (tertiary/aromatic N) is 1. The van der Waals surface area contributed by atoms with Crippen LogP contribution in [0.5, 0.6) is 28.7 Å². The summed E-state index contributed by atoms with van der Waals surface area (Å²) in [6.45, 7) is 3.15. The summed E-state index contributed by atoms with van der Waals surface area (Å²) in [5.74, 6) is 3.22. The van der Waals surface area contributed by atoms with Crippen molar-refractivity contribution in [3.8, 4) is 28.7 Å². The van der Waals surface area contributed by atoms with Crippen LogP contribution in [0.4, 0.5) is 0 Å². The SMILES string of the molecule is CCc1ccc(OC[C@@H]2c3cc(OC)c(OC)cc3CCN2C(=O)c2ccc3c(c2)OCO3)cc1. The van der Waals surface area contributed by atoms with Gasteiger partial charge >= 0.3 is 0 Å². The highest BCUT2D eigenvalue weighted by Gasteiger charge is 2.34. The summed E-state index contributed by atoms with van der Waals surface area (Å²) in [5.41, 5.74) is 3.91. The lowest BCUT2D eigenvalue weighted by molar-refractivity contribution is 0.0589. The van der Waals surface area contributed by atoms with Crippen molar-refractivity contribution in [2.45, 2.75) is 25.8 Å². The molecule has 2 heterocycles. The zero-order chi connectivity index (χ0) is 24.4. The van der Waals surface area contributed by atoms with E-state index in [-0.39, 0.29) is 18.7 Å². The Labute approximate surface area is 205 Å². The Morgan fingerprint density at radius 3 is 2.46 bits per heavy atom. The van der Waals surface area contributed by atoms with Gasteiger partial charge in [-0.2, -0.15) is 0 Å². The van der Waals surface area contributed by atoms with Crippen molar-refractivity contribution < 1.29 is 28.5 Å². The molecule has 0 aliphatic carbocycles. The van der Waals surface area contributed by atoms with Crippen LogP contribution >= 0.6 is 0 Å². The molecule has 1 atom stereocenters. The number of benzene rings is 3. The third-order valence-corrected chi connectivity index (χ3v) is 6.62. The third kappa shape index (κ3) is 4.46. The average Bonchev–Trinajstić information content (AvgIpc) is 3.38. The Morgan fingerprint density at radius 2 is 1.71 bits per heavy atom. The summed E-state index contributed by atoms with van der Waals surface area (Å²) in [4.78, 5) is 15.6.